The monoisotopic (exact) mass is 930 g/mol. The smallest absolute Gasteiger partial charge is 0.305 e. The molecule has 0 aromatic heterocycles. The summed E-state index contributed by atoms with van der Waals surface area (Å²) in [5.74, 6) is -0.0343. The Bertz CT molecular complexity index is 1030. The first-order chi connectivity index (χ1) is 32.5. The Labute approximate surface area is 411 Å². The number of allylic oxidation sites excluding steroid dienone is 4. The van der Waals surface area contributed by atoms with Crippen LogP contribution in [0.4, 0.5) is 0 Å². The summed E-state index contributed by atoms with van der Waals surface area (Å²) >= 11 is 0. The van der Waals surface area contributed by atoms with E-state index in [1.54, 1.807) is 0 Å². The van der Waals surface area contributed by atoms with E-state index in [-0.39, 0.29) is 18.5 Å². The Morgan fingerprint density at radius 1 is 0.409 bits per heavy atom. The highest BCUT2D eigenvalue weighted by atomic mass is 16.5. The third-order valence-corrected chi connectivity index (χ3v) is 13.7. The van der Waals surface area contributed by atoms with Gasteiger partial charge in [0.15, 0.2) is 0 Å². The molecular formula is C60H115NO5. The van der Waals surface area contributed by atoms with Crippen LogP contribution in [0.5, 0.6) is 0 Å². The number of esters is 1. The standard InChI is InChI=1S/C60H115NO5/c1-3-5-7-9-11-13-15-16-31-34-38-42-46-50-54-60(65)66-55-51-47-43-39-35-32-29-27-25-23-21-19-17-18-20-22-24-26-28-30-33-37-41-45-49-53-59(64)61-57(56-62)58(63)52-48-44-40-36-14-12-10-8-6-4-2/h15-16,18,20,57-58,62-63H,3-14,17,19,21-56H2,1-2H3,(H,61,64)/b16-15-,20-18-. The third-order valence-electron chi connectivity index (χ3n) is 13.7. The molecule has 0 aromatic carbocycles. The van der Waals surface area contributed by atoms with E-state index in [1.807, 2.05) is 0 Å². The lowest BCUT2D eigenvalue weighted by atomic mass is 10.0. The Kier molecular flexibility index (Phi) is 54.5. The second-order valence-electron chi connectivity index (χ2n) is 20.3. The Hall–Kier alpha value is -1.66. The number of aliphatic hydroxyl groups is 2. The number of carbonyl (C=O) groups is 2. The van der Waals surface area contributed by atoms with E-state index in [0.717, 1.165) is 44.9 Å². The molecule has 0 spiro atoms. The number of hydrogen-bond donors (Lipinski definition) is 3. The van der Waals surface area contributed by atoms with Gasteiger partial charge in [-0.15, -0.1) is 0 Å². The summed E-state index contributed by atoms with van der Waals surface area (Å²) in [7, 11) is 0. The van der Waals surface area contributed by atoms with Crippen LogP contribution < -0.4 is 5.32 Å². The minimum atomic E-state index is -0.664. The summed E-state index contributed by atoms with van der Waals surface area (Å²) < 4.78 is 5.47. The van der Waals surface area contributed by atoms with E-state index in [1.165, 1.54) is 244 Å². The van der Waals surface area contributed by atoms with Gasteiger partial charge in [0.1, 0.15) is 0 Å². The van der Waals surface area contributed by atoms with E-state index in [9.17, 15) is 19.8 Å². The first-order valence-corrected chi connectivity index (χ1v) is 29.6. The first kappa shape index (κ1) is 64.3. The highest BCUT2D eigenvalue weighted by Crippen LogP contribution is 2.17. The molecule has 2 atom stereocenters. The van der Waals surface area contributed by atoms with Crippen LogP contribution in [0.3, 0.4) is 0 Å². The van der Waals surface area contributed by atoms with Gasteiger partial charge in [-0.1, -0.05) is 256 Å². The number of rotatable bonds is 55. The summed E-state index contributed by atoms with van der Waals surface area (Å²) in [6, 6.07) is -0.541. The Balaban J connectivity index is 3.37. The summed E-state index contributed by atoms with van der Waals surface area (Å²) in [5, 5.41) is 23.1. The maximum absolute atomic E-state index is 12.4. The molecule has 6 nitrogen and oxygen atoms in total. The van der Waals surface area contributed by atoms with E-state index in [4.69, 9.17) is 4.74 Å². The van der Waals surface area contributed by atoms with Gasteiger partial charge in [-0.3, -0.25) is 9.59 Å². The summed E-state index contributed by atoms with van der Waals surface area (Å²) in [4.78, 5) is 24.5. The van der Waals surface area contributed by atoms with Crippen LogP contribution in [0, 0.1) is 0 Å². The maximum atomic E-state index is 12.4. The number of hydrogen-bond acceptors (Lipinski definition) is 5. The quantitative estimate of drug-likeness (QED) is 0.0321. The Morgan fingerprint density at radius 2 is 0.712 bits per heavy atom. The summed E-state index contributed by atoms with van der Waals surface area (Å²) in [6.45, 7) is 4.93. The minimum absolute atomic E-state index is 0.00490. The number of nitrogens with one attached hydrogen (secondary N) is 1. The van der Waals surface area contributed by atoms with Gasteiger partial charge in [-0.25, -0.2) is 0 Å². The average Bonchev–Trinajstić information content (AvgIpc) is 3.32. The van der Waals surface area contributed by atoms with Gasteiger partial charge in [0.05, 0.1) is 25.4 Å². The van der Waals surface area contributed by atoms with Gasteiger partial charge in [-0.05, 0) is 77.0 Å². The zero-order valence-electron chi connectivity index (χ0n) is 44.4. The van der Waals surface area contributed by atoms with Crippen LogP contribution in [0.1, 0.15) is 322 Å². The molecule has 0 aliphatic heterocycles. The molecule has 3 N–H and O–H groups in total. The van der Waals surface area contributed by atoms with E-state index in [2.05, 4.69) is 43.5 Å². The molecular weight excluding hydrogens is 815 g/mol. The molecule has 0 saturated carbocycles. The van der Waals surface area contributed by atoms with E-state index >= 15 is 0 Å². The van der Waals surface area contributed by atoms with Crippen molar-refractivity contribution in [1.29, 1.82) is 0 Å². The molecule has 1 amide bonds. The molecule has 0 aliphatic carbocycles. The maximum Gasteiger partial charge on any atom is 0.305 e. The van der Waals surface area contributed by atoms with Gasteiger partial charge >= 0.3 is 5.97 Å². The zero-order valence-corrected chi connectivity index (χ0v) is 44.4. The van der Waals surface area contributed by atoms with Crippen molar-refractivity contribution in [2.45, 2.75) is 334 Å². The average molecular weight is 931 g/mol. The van der Waals surface area contributed by atoms with Crippen molar-refractivity contribution >= 4 is 11.9 Å². The van der Waals surface area contributed by atoms with Gasteiger partial charge in [0.2, 0.25) is 5.91 Å². The topological polar surface area (TPSA) is 95.9 Å². The van der Waals surface area contributed by atoms with Crippen LogP contribution >= 0.6 is 0 Å². The van der Waals surface area contributed by atoms with Gasteiger partial charge in [0, 0.05) is 12.8 Å². The molecule has 0 rings (SSSR count). The molecule has 0 bridgehead atoms. The number of carbonyl (C=O) groups excluding carboxylic acids is 2. The largest absolute Gasteiger partial charge is 0.466 e. The van der Waals surface area contributed by atoms with Crippen molar-refractivity contribution in [2.24, 2.45) is 0 Å². The van der Waals surface area contributed by atoms with E-state index < -0.39 is 12.1 Å². The SMILES string of the molecule is CCCCCCC/C=C\CCCCCCCC(=O)OCCCCCCCCCCCCCC/C=C\CCCCCCCCCCCC(=O)NC(CO)C(O)CCCCCCCCCCCC. The summed E-state index contributed by atoms with van der Waals surface area (Å²) in [6.07, 6.45) is 67.6. The molecule has 0 saturated heterocycles. The Morgan fingerprint density at radius 3 is 1.08 bits per heavy atom. The predicted molar refractivity (Wildman–Crippen MR) is 287 cm³/mol. The van der Waals surface area contributed by atoms with Crippen LogP contribution in [-0.2, 0) is 14.3 Å². The third kappa shape index (κ3) is 51.7. The summed E-state index contributed by atoms with van der Waals surface area (Å²) in [5.41, 5.74) is 0. The van der Waals surface area contributed by atoms with Crippen molar-refractivity contribution in [3.8, 4) is 0 Å². The van der Waals surface area contributed by atoms with Crippen LogP contribution in [0.2, 0.25) is 0 Å². The fourth-order valence-corrected chi connectivity index (χ4v) is 9.16. The molecule has 6 heteroatoms. The van der Waals surface area contributed by atoms with Gasteiger partial charge in [-0.2, -0.15) is 0 Å². The van der Waals surface area contributed by atoms with Crippen molar-refractivity contribution in [3.63, 3.8) is 0 Å². The number of unbranched alkanes of at least 4 members (excludes halogenated alkanes) is 40. The van der Waals surface area contributed by atoms with Gasteiger partial charge in [0.25, 0.3) is 0 Å². The van der Waals surface area contributed by atoms with Crippen LogP contribution in [0.25, 0.3) is 0 Å². The lowest BCUT2D eigenvalue weighted by Crippen LogP contribution is -2.45. The second-order valence-corrected chi connectivity index (χ2v) is 20.3. The zero-order chi connectivity index (χ0) is 47.9. The number of ether oxygens (including phenoxy) is 1. The highest BCUT2D eigenvalue weighted by Gasteiger charge is 2.20. The molecule has 0 heterocycles. The van der Waals surface area contributed by atoms with E-state index in [0.29, 0.717) is 25.9 Å². The lowest BCUT2D eigenvalue weighted by Gasteiger charge is -2.22. The molecule has 0 radical (unpaired) electrons. The minimum Gasteiger partial charge on any atom is -0.466 e. The first-order valence-electron chi connectivity index (χ1n) is 29.6. The highest BCUT2D eigenvalue weighted by molar-refractivity contribution is 5.76. The fraction of sp³-hybridized carbons (Fsp3) is 0.900. The van der Waals surface area contributed by atoms with Crippen molar-refractivity contribution in [1.82, 2.24) is 5.32 Å². The number of aliphatic hydroxyl groups excluding tert-OH is 2. The predicted octanol–water partition coefficient (Wildman–Crippen LogP) is 18.2. The molecule has 0 fully saturated rings. The van der Waals surface area contributed by atoms with Gasteiger partial charge < -0.3 is 20.3 Å². The normalized spacial score (nSPS) is 12.7. The lowest BCUT2D eigenvalue weighted by molar-refractivity contribution is -0.143. The van der Waals surface area contributed by atoms with Crippen molar-refractivity contribution in [3.05, 3.63) is 24.3 Å². The van der Waals surface area contributed by atoms with Crippen LogP contribution in [-0.4, -0.2) is 47.4 Å². The van der Waals surface area contributed by atoms with Crippen LogP contribution in [0.15, 0.2) is 24.3 Å². The molecule has 390 valence electrons. The van der Waals surface area contributed by atoms with Crippen molar-refractivity contribution in [2.75, 3.05) is 13.2 Å². The van der Waals surface area contributed by atoms with Crippen molar-refractivity contribution < 1.29 is 24.5 Å². The molecule has 0 aromatic rings. The number of amides is 1. The second kappa shape index (κ2) is 55.9. The molecule has 2 unspecified atom stereocenters. The molecule has 0 aliphatic rings. The fourth-order valence-electron chi connectivity index (χ4n) is 9.16. The molecule has 66 heavy (non-hydrogen) atoms.